The lowest BCUT2D eigenvalue weighted by molar-refractivity contribution is -0.523. The van der Waals surface area contributed by atoms with E-state index in [1.807, 2.05) is 0 Å². The summed E-state index contributed by atoms with van der Waals surface area (Å²) in [6.07, 6.45) is 0.628. The van der Waals surface area contributed by atoms with Gasteiger partial charge in [-0.05, 0) is 0 Å². The molecule has 0 bridgehead atoms. The molecule has 0 saturated carbocycles. The molecular formula is C10H19ClN4. The summed E-state index contributed by atoms with van der Waals surface area (Å²) >= 11 is 0. The maximum Gasteiger partial charge on any atom is 0.155 e. The Labute approximate surface area is 97.5 Å². The third kappa shape index (κ3) is 1.91. The van der Waals surface area contributed by atoms with Gasteiger partial charge in [-0.25, -0.2) is 4.58 Å². The highest BCUT2D eigenvalue weighted by Crippen LogP contribution is 2.23. The first-order chi connectivity index (χ1) is 6.84. The standard InChI is InChI=1S/C10H19N4.ClH/c1-11-2-4-12-6-8-14-9-7-13(5-3-11)10(12)14;/h10H,1-9H2;1H/q+1;/p-1. The molecule has 86 valence electrons. The van der Waals surface area contributed by atoms with E-state index in [2.05, 4.69) is 26.0 Å². The molecular weight excluding hydrogens is 212 g/mol. The summed E-state index contributed by atoms with van der Waals surface area (Å²) < 4.78 is 2.21. The van der Waals surface area contributed by atoms with Gasteiger partial charge in [-0.3, -0.25) is 14.7 Å². The van der Waals surface area contributed by atoms with Crippen LogP contribution in [-0.2, 0) is 0 Å². The van der Waals surface area contributed by atoms with Crippen molar-refractivity contribution in [1.82, 2.24) is 14.7 Å². The predicted molar refractivity (Wildman–Crippen MR) is 55.6 cm³/mol. The van der Waals surface area contributed by atoms with Crippen molar-refractivity contribution in [2.45, 2.75) is 6.29 Å². The molecule has 4 nitrogen and oxygen atoms in total. The number of rotatable bonds is 0. The van der Waals surface area contributed by atoms with Gasteiger partial charge in [0.1, 0.15) is 13.0 Å². The Hall–Kier alpha value is -0.160. The highest BCUT2D eigenvalue weighted by molar-refractivity contribution is 5.14. The molecule has 0 atom stereocenters. The minimum Gasteiger partial charge on any atom is -1.00 e. The molecule has 5 heteroatoms. The second kappa shape index (κ2) is 4.37. The Morgan fingerprint density at radius 3 is 1.67 bits per heavy atom. The molecule has 3 heterocycles. The van der Waals surface area contributed by atoms with E-state index in [4.69, 9.17) is 0 Å². The van der Waals surface area contributed by atoms with E-state index in [1.54, 1.807) is 0 Å². The first kappa shape index (κ1) is 11.3. The highest BCUT2D eigenvalue weighted by Gasteiger charge is 2.41. The summed E-state index contributed by atoms with van der Waals surface area (Å²) in [5.74, 6) is 0. The van der Waals surface area contributed by atoms with Crippen molar-refractivity contribution >= 4 is 6.72 Å². The molecule has 0 radical (unpaired) electrons. The van der Waals surface area contributed by atoms with E-state index in [0.29, 0.717) is 6.29 Å². The minimum atomic E-state index is 0. The molecule has 0 amide bonds. The van der Waals surface area contributed by atoms with Gasteiger partial charge in [0.25, 0.3) is 0 Å². The van der Waals surface area contributed by atoms with Gasteiger partial charge in [-0.1, -0.05) is 0 Å². The normalized spacial score (nSPS) is 29.7. The van der Waals surface area contributed by atoms with E-state index >= 15 is 0 Å². The van der Waals surface area contributed by atoms with Crippen LogP contribution < -0.4 is 12.4 Å². The second-order valence-electron chi connectivity index (χ2n) is 4.57. The Kier molecular flexibility index (Phi) is 3.30. The summed E-state index contributed by atoms with van der Waals surface area (Å²) in [5, 5.41) is 0. The molecule has 3 rings (SSSR count). The Balaban J connectivity index is 0.000000853. The van der Waals surface area contributed by atoms with Crippen molar-refractivity contribution in [2.75, 3.05) is 52.4 Å². The fourth-order valence-corrected chi connectivity index (χ4v) is 2.89. The van der Waals surface area contributed by atoms with Gasteiger partial charge < -0.3 is 12.4 Å². The first-order valence-corrected chi connectivity index (χ1v) is 5.62. The zero-order chi connectivity index (χ0) is 9.54. The van der Waals surface area contributed by atoms with Crippen molar-refractivity contribution in [2.24, 2.45) is 0 Å². The zero-order valence-corrected chi connectivity index (χ0v) is 9.86. The molecule has 3 aliphatic heterocycles. The number of nitrogens with zero attached hydrogens (tertiary/aromatic N) is 4. The van der Waals surface area contributed by atoms with Gasteiger partial charge in [0.2, 0.25) is 0 Å². The summed E-state index contributed by atoms with van der Waals surface area (Å²) in [4.78, 5) is 7.81. The van der Waals surface area contributed by atoms with Crippen molar-refractivity contribution < 1.29 is 17.0 Å². The smallest absolute Gasteiger partial charge is 0.155 e. The van der Waals surface area contributed by atoms with Crippen LogP contribution in [0.5, 0.6) is 0 Å². The van der Waals surface area contributed by atoms with Gasteiger partial charge in [0.05, 0.1) is 13.1 Å². The SMILES string of the molecule is C=[N+]1CCN2CCN3CCN(CC1)C32.[Cl-]. The third-order valence-electron chi connectivity index (χ3n) is 3.74. The number of hydrogen-bond acceptors (Lipinski definition) is 3. The number of hydrogen-bond donors (Lipinski definition) is 0. The monoisotopic (exact) mass is 230 g/mol. The minimum absolute atomic E-state index is 0. The second-order valence-corrected chi connectivity index (χ2v) is 4.57. The van der Waals surface area contributed by atoms with Crippen molar-refractivity contribution in [1.29, 1.82) is 0 Å². The van der Waals surface area contributed by atoms with Gasteiger partial charge in [-0.15, -0.1) is 0 Å². The number of halogens is 1. The molecule has 3 fully saturated rings. The molecule has 15 heavy (non-hydrogen) atoms. The van der Waals surface area contributed by atoms with Crippen LogP contribution in [-0.4, -0.2) is 84.6 Å². The lowest BCUT2D eigenvalue weighted by Gasteiger charge is -2.32. The molecule has 0 spiro atoms. The van der Waals surface area contributed by atoms with Gasteiger partial charge in [0, 0.05) is 26.2 Å². The van der Waals surface area contributed by atoms with Crippen LogP contribution in [0.3, 0.4) is 0 Å². The zero-order valence-electron chi connectivity index (χ0n) is 9.11. The molecule has 3 saturated heterocycles. The van der Waals surface area contributed by atoms with E-state index in [0.717, 1.165) is 13.1 Å². The van der Waals surface area contributed by atoms with Crippen molar-refractivity contribution in [3.05, 3.63) is 0 Å². The summed E-state index contributed by atoms with van der Waals surface area (Å²) in [6, 6.07) is 0. The van der Waals surface area contributed by atoms with Crippen LogP contribution in [0.15, 0.2) is 0 Å². The third-order valence-corrected chi connectivity index (χ3v) is 3.74. The van der Waals surface area contributed by atoms with E-state index in [-0.39, 0.29) is 12.4 Å². The largest absolute Gasteiger partial charge is 1.00 e. The fourth-order valence-electron chi connectivity index (χ4n) is 2.89. The molecule has 0 aromatic heterocycles. The van der Waals surface area contributed by atoms with E-state index < -0.39 is 0 Å². The molecule has 0 aromatic rings. The quantitative estimate of drug-likeness (QED) is 0.393. The maximum absolute atomic E-state index is 4.06. The fraction of sp³-hybridized carbons (Fsp3) is 0.900. The lowest BCUT2D eigenvalue weighted by Crippen LogP contribution is -3.00. The average Bonchev–Trinajstić information content (AvgIpc) is 2.69. The topological polar surface area (TPSA) is 12.7 Å². The molecule has 0 N–H and O–H groups in total. The van der Waals surface area contributed by atoms with Gasteiger partial charge in [0.15, 0.2) is 13.1 Å². The molecule has 0 aliphatic carbocycles. The lowest BCUT2D eigenvalue weighted by atomic mass is 10.4. The van der Waals surface area contributed by atoms with Crippen molar-refractivity contribution in [3.63, 3.8) is 0 Å². The summed E-state index contributed by atoms with van der Waals surface area (Å²) in [5.41, 5.74) is 0. The Morgan fingerprint density at radius 1 is 0.800 bits per heavy atom. The van der Waals surface area contributed by atoms with Crippen LogP contribution in [0, 0.1) is 0 Å². The van der Waals surface area contributed by atoms with Crippen LogP contribution in [0.2, 0.25) is 0 Å². The molecule has 0 aromatic carbocycles. The maximum atomic E-state index is 4.06. The molecule has 3 aliphatic rings. The van der Waals surface area contributed by atoms with Crippen LogP contribution >= 0.6 is 0 Å². The Morgan fingerprint density at radius 2 is 1.20 bits per heavy atom. The highest BCUT2D eigenvalue weighted by atomic mass is 35.5. The summed E-state index contributed by atoms with van der Waals surface area (Å²) in [7, 11) is 0. The summed E-state index contributed by atoms with van der Waals surface area (Å²) in [6.45, 7) is 13.7. The van der Waals surface area contributed by atoms with Crippen LogP contribution in [0.1, 0.15) is 0 Å². The Bertz CT molecular complexity index is 236. The van der Waals surface area contributed by atoms with Crippen LogP contribution in [0.4, 0.5) is 0 Å². The molecule has 0 unspecified atom stereocenters. The van der Waals surface area contributed by atoms with E-state index in [1.165, 1.54) is 39.3 Å². The van der Waals surface area contributed by atoms with Crippen LogP contribution in [0.25, 0.3) is 0 Å². The van der Waals surface area contributed by atoms with E-state index in [9.17, 15) is 0 Å². The van der Waals surface area contributed by atoms with Crippen molar-refractivity contribution in [3.8, 4) is 0 Å². The van der Waals surface area contributed by atoms with Gasteiger partial charge >= 0.3 is 0 Å². The van der Waals surface area contributed by atoms with Gasteiger partial charge in [-0.2, -0.15) is 0 Å². The average molecular weight is 231 g/mol. The first-order valence-electron chi connectivity index (χ1n) is 5.62. The predicted octanol–water partition coefficient (Wildman–Crippen LogP) is -4.07.